The normalized spacial score (nSPS) is 19.6. The molecule has 114 valence electrons. The van der Waals surface area contributed by atoms with Crippen molar-refractivity contribution >= 4 is 5.91 Å². The third kappa shape index (κ3) is 2.55. The van der Waals surface area contributed by atoms with Crippen LogP contribution in [0.2, 0.25) is 0 Å². The van der Waals surface area contributed by atoms with Gasteiger partial charge in [-0.1, -0.05) is 24.3 Å². The Balaban J connectivity index is 1.88. The molecular formula is C17H16FNO3. The number of methoxy groups -OCH3 is 1. The second-order valence-corrected chi connectivity index (χ2v) is 5.27. The highest BCUT2D eigenvalue weighted by molar-refractivity contribution is 5.97. The van der Waals surface area contributed by atoms with E-state index in [1.54, 1.807) is 0 Å². The number of ether oxygens (including phenoxy) is 1. The standard InChI is InChI=1S/C17H16FNO3/c1-22-15-7-6-11(18)9-13(15)17(21)19-16-12-5-3-2-4-10(12)8-14(16)20/h2-7,9,14,16,20H,8H2,1H3,(H,19,21). The van der Waals surface area contributed by atoms with E-state index in [0.29, 0.717) is 12.2 Å². The fraction of sp³-hybridized carbons (Fsp3) is 0.235. The lowest BCUT2D eigenvalue weighted by Gasteiger charge is -2.19. The Bertz CT molecular complexity index is 717. The Hall–Kier alpha value is -2.40. The van der Waals surface area contributed by atoms with Crippen molar-refractivity contribution < 1.29 is 19.0 Å². The topological polar surface area (TPSA) is 58.6 Å². The summed E-state index contributed by atoms with van der Waals surface area (Å²) < 4.78 is 18.5. The second-order valence-electron chi connectivity index (χ2n) is 5.27. The number of nitrogens with one attached hydrogen (secondary N) is 1. The van der Waals surface area contributed by atoms with Crippen molar-refractivity contribution in [3.8, 4) is 5.75 Å². The molecule has 0 saturated carbocycles. The Morgan fingerprint density at radius 1 is 1.32 bits per heavy atom. The van der Waals surface area contributed by atoms with Gasteiger partial charge < -0.3 is 15.2 Å². The first-order valence-corrected chi connectivity index (χ1v) is 7.00. The summed E-state index contributed by atoms with van der Waals surface area (Å²) in [6.45, 7) is 0. The average molecular weight is 301 g/mol. The predicted molar refractivity (Wildman–Crippen MR) is 79.3 cm³/mol. The van der Waals surface area contributed by atoms with Crippen molar-refractivity contribution in [2.24, 2.45) is 0 Å². The molecule has 3 rings (SSSR count). The van der Waals surface area contributed by atoms with Crippen LogP contribution in [0.3, 0.4) is 0 Å². The van der Waals surface area contributed by atoms with Crippen LogP contribution in [-0.2, 0) is 6.42 Å². The van der Waals surface area contributed by atoms with Crippen molar-refractivity contribution in [1.82, 2.24) is 5.32 Å². The average Bonchev–Trinajstić information content (AvgIpc) is 2.83. The highest BCUT2D eigenvalue weighted by atomic mass is 19.1. The molecule has 22 heavy (non-hydrogen) atoms. The molecular weight excluding hydrogens is 285 g/mol. The van der Waals surface area contributed by atoms with Gasteiger partial charge in [0.25, 0.3) is 5.91 Å². The number of rotatable bonds is 3. The van der Waals surface area contributed by atoms with Gasteiger partial charge in [-0.05, 0) is 29.3 Å². The molecule has 2 aromatic carbocycles. The molecule has 0 aliphatic heterocycles. The Labute approximate surface area is 127 Å². The first-order valence-electron chi connectivity index (χ1n) is 7.00. The summed E-state index contributed by atoms with van der Waals surface area (Å²) in [6.07, 6.45) is -0.206. The fourth-order valence-electron chi connectivity index (χ4n) is 2.82. The van der Waals surface area contributed by atoms with Crippen molar-refractivity contribution in [2.75, 3.05) is 7.11 Å². The number of aliphatic hydroxyl groups excluding tert-OH is 1. The second kappa shape index (κ2) is 5.77. The molecule has 0 heterocycles. The lowest BCUT2D eigenvalue weighted by Crippen LogP contribution is -2.34. The van der Waals surface area contributed by atoms with E-state index in [9.17, 15) is 14.3 Å². The number of halogens is 1. The molecule has 5 heteroatoms. The summed E-state index contributed by atoms with van der Waals surface area (Å²) in [5.41, 5.74) is 2.00. The molecule has 2 unspecified atom stereocenters. The van der Waals surface area contributed by atoms with Gasteiger partial charge in [-0.25, -0.2) is 4.39 Å². The zero-order valence-corrected chi connectivity index (χ0v) is 12.0. The number of benzene rings is 2. The first-order chi connectivity index (χ1) is 10.6. The fourth-order valence-corrected chi connectivity index (χ4v) is 2.82. The molecule has 0 fully saturated rings. The van der Waals surface area contributed by atoms with E-state index in [2.05, 4.69) is 5.32 Å². The monoisotopic (exact) mass is 301 g/mol. The molecule has 0 spiro atoms. The minimum atomic E-state index is -0.694. The molecule has 1 aliphatic carbocycles. The maximum atomic E-state index is 13.4. The van der Waals surface area contributed by atoms with E-state index < -0.39 is 23.9 Å². The van der Waals surface area contributed by atoms with Gasteiger partial charge in [0.15, 0.2) is 0 Å². The van der Waals surface area contributed by atoms with E-state index in [4.69, 9.17) is 4.74 Å². The smallest absolute Gasteiger partial charge is 0.255 e. The van der Waals surface area contributed by atoms with Crippen LogP contribution >= 0.6 is 0 Å². The number of amides is 1. The van der Waals surface area contributed by atoms with Gasteiger partial charge in [0.05, 0.1) is 24.8 Å². The number of hydrogen-bond donors (Lipinski definition) is 2. The van der Waals surface area contributed by atoms with Crippen LogP contribution in [0.25, 0.3) is 0 Å². The van der Waals surface area contributed by atoms with Gasteiger partial charge >= 0.3 is 0 Å². The van der Waals surface area contributed by atoms with Gasteiger partial charge in [0.1, 0.15) is 11.6 Å². The molecule has 2 N–H and O–H groups in total. The molecule has 0 saturated heterocycles. The third-order valence-electron chi connectivity index (χ3n) is 3.90. The van der Waals surface area contributed by atoms with Gasteiger partial charge in [-0.15, -0.1) is 0 Å². The highest BCUT2D eigenvalue weighted by Gasteiger charge is 2.32. The summed E-state index contributed by atoms with van der Waals surface area (Å²) in [6, 6.07) is 10.8. The van der Waals surface area contributed by atoms with E-state index in [-0.39, 0.29) is 5.56 Å². The van der Waals surface area contributed by atoms with E-state index >= 15 is 0 Å². The van der Waals surface area contributed by atoms with Crippen molar-refractivity contribution in [1.29, 1.82) is 0 Å². The first kappa shape index (κ1) is 14.5. The number of hydrogen-bond acceptors (Lipinski definition) is 3. The van der Waals surface area contributed by atoms with E-state index in [1.165, 1.54) is 19.2 Å². The number of carbonyl (C=O) groups is 1. The quantitative estimate of drug-likeness (QED) is 0.914. The number of fused-ring (bicyclic) bond motifs is 1. The van der Waals surface area contributed by atoms with Crippen LogP contribution in [-0.4, -0.2) is 24.2 Å². The predicted octanol–water partition coefficient (Wildman–Crippen LogP) is 2.22. The SMILES string of the molecule is COc1ccc(F)cc1C(=O)NC1c2ccccc2CC1O. The zero-order chi connectivity index (χ0) is 15.7. The lowest BCUT2D eigenvalue weighted by molar-refractivity contribution is 0.0855. The molecule has 1 amide bonds. The Kier molecular flexibility index (Phi) is 3.81. The van der Waals surface area contributed by atoms with Crippen LogP contribution < -0.4 is 10.1 Å². The summed E-state index contributed by atoms with van der Waals surface area (Å²) >= 11 is 0. The maximum Gasteiger partial charge on any atom is 0.255 e. The van der Waals surface area contributed by atoms with Crippen molar-refractivity contribution in [2.45, 2.75) is 18.6 Å². The molecule has 0 bridgehead atoms. The van der Waals surface area contributed by atoms with Crippen LogP contribution in [0.4, 0.5) is 4.39 Å². The van der Waals surface area contributed by atoms with Crippen LogP contribution in [0.15, 0.2) is 42.5 Å². The van der Waals surface area contributed by atoms with Crippen LogP contribution in [0, 0.1) is 5.82 Å². The third-order valence-corrected chi connectivity index (χ3v) is 3.90. The molecule has 2 aromatic rings. The summed E-state index contributed by atoms with van der Waals surface area (Å²) in [5.74, 6) is -0.699. The molecule has 1 aliphatic rings. The van der Waals surface area contributed by atoms with Crippen LogP contribution in [0.1, 0.15) is 27.5 Å². The van der Waals surface area contributed by atoms with Gasteiger partial charge in [0, 0.05) is 6.42 Å². The minimum absolute atomic E-state index is 0.110. The lowest BCUT2D eigenvalue weighted by atomic mass is 10.1. The highest BCUT2D eigenvalue weighted by Crippen LogP contribution is 2.32. The van der Waals surface area contributed by atoms with Gasteiger partial charge in [-0.3, -0.25) is 4.79 Å². The summed E-state index contributed by atoms with van der Waals surface area (Å²) in [7, 11) is 1.42. The molecule has 0 radical (unpaired) electrons. The van der Waals surface area contributed by atoms with E-state index in [0.717, 1.165) is 17.2 Å². The number of carbonyl (C=O) groups excluding carboxylic acids is 1. The molecule has 4 nitrogen and oxygen atoms in total. The minimum Gasteiger partial charge on any atom is -0.496 e. The van der Waals surface area contributed by atoms with Gasteiger partial charge in [-0.2, -0.15) is 0 Å². The summed E-state index contributed by atoms with van der Waals surface area (Å²) in [4.78, 5) is 12.4. The van der Waals surface area contributed by atoms with Gasteiger partial charge in [0.2, 0.25) is 0 Å². The maximum absolute atomic E-state index is 13.4. The Morgan fingerprint density at radius 3 is 2.86 bits per heavy atom. The van der Waals surface area contributed by atoms with Crippen molar-refractivity contribution in [3.63, 3.8) is 0 Å². The number of aliphatic hydroxyl groups is 1. The van der Waals surface area contributed by atoms with Crippen molar-refractivity contribution in [3.05, 3.63) is 65.0 Å². The van der Waals surface area contributed by atoms with Crippen LogP contribution in [0.5, 0.6) is 5.75 Å². The largest absolute Gasteiger partial charge is 0.496 e. The molecule has 2 atom stereocenters. The summed E-state index contributed by atoms with van der Waals surface area (Å²) in [5, 5.41) is 12.9. The Morgan fingerprint density at radius 2 is 2.09 bits per heavy atom. The molecule has 0 aromatic heterocycles. The van der Waals surface area contributed by atoms with E-state index in [1.807, 2.05) is 24.3 Å². The zero-order valence-electron chi connectivity index (χ0n) is 12.0.